The van der Waals surface area contributed by atoms with E-state index in [0.29, 0.717) is 29.1 Å². The molecule has 30 heavy (non-hydrogen) atoms. The lowest BCUT2D eigenvalue weighted by atomic mass is 10.1. The number of likely N-dealkylation sites (N-methyl/N-ethyl adjacent to an activating group) is 1. The molecule has 4 rings (SSSR count). The molecule has 2 amide bonds. The quantitative estimate of drug-likeness (QED) is 0.677. The fourth-order valence-corrected chi connectivity index (χ4v) is 3.87. The van der Waals surface area contributed by atoms with Gasteiger partial charge in [0.1, 0.15) is 17.9 Å². The van der Waals surface area contributed by atoms with Crippen LogP contribution in [-0.2, 0) is 17.9 Å². The second-order valence-electron chi connectivity index (χ2n) is 7.53. The van der Waals surface area contributed by atoms with Crippen molar-refractivity contribution in [2.24, 2.45) is 0 Å². The summed E-state index contributed by atoms with van der Waals surface area (Å²) in [5, 5.41) is 7.28. The van der Waals surface area contributed by atoms with Crippen molar-refractivity contribution in [1.29, 1.82) is 0 Å². The highest BCUT2D eigenvalue weighted by Gasteiger charge is 2.36. The monoisotopic (exact) mass is 407 g/mol. The molecule has 1 atom stereocenters. The van der Waals surface area contributed by atoms with Gasteiger partial charge in [0.2, 0.25) is 5.91 Å². The van der Waals surface area contributed by atoms with Crippen molar-refractivity contribution in [3.8, 4) is 11.3 Å². The van der Waals surface area contributed by atoms with Crippen molar-refractivity contribution in [2.75, 3.05) is 6.54 Å². The average Bonchev–Trinajstić information content (AvgIpc) is 3.34. The summed E-state index contributed by atoms with van der Waals surface area (Å²) < 4.78 is 2.94. The van der Waals surface area contributed by atoms with Crippen LogP contribution >= 0.6 is 0 Å². The molecule has 0 saturated carbocycles. The number of carbonyl (C=O) groups is 2. The molecule has 1 aliphatic heterocycles. The van der Waals surface area contributed by atoms with Gasteiger partial charge in [0.05, 0.1) is 17.8 Å². The first kappa shape index (κ1) is 19.9. The van der Waals surface area contributed by atoms with Crippen LogP contribution in [0.4, 0.5) is 0 Å². The van der Waals surface area contributed by atoms with E-state index < -0.39 is 0 Å². The van der Waals surface area contributed by atoms with E-state index >= 15 is 0 Å². The largest absolute Gasteiger partial charge is 0.355 e. The Balaban J connectivity index is 1.94. The molecular formula is C22H25N5O3. The van der Waals surface area contributed by atoms with Gasteiger partial charge < -0.3 is 14.8 Å². The van der Waals surface area contributed by atoms with Crippen LogP contribution in [0.25, 0.3) is 16.9 Å². The number of rotatable bonds is 6. The van der Waals surface area contributed by atoms with Crippen molar-refractivity contribution in [1.82, 2.24) is 24.4 Å². The Labute approximate surface area is 174 Å². The predicted molar refractivity (Wildman–Crippen MR) is 113 cm³/mol. The normalized spacial score (nSPS) is 14.2. The SMILES string of the molecule is CCNC(=O)Cn1c2c(c(=O)n3nc(-c4ccccc4)cc13)CN(C(C)CC)C2=O. The molecule has 0 radical (unpaired) electrons. The highest BCUT2D eigenvalue weighted by atomic mass is 16.2. The number of nitrogens with one attached hydrogen (secondary N) is 1. The molecule has 3 heterocycles. The fraction of sp³-hybridized carbons (Fsp3) is 0.364. The smallest absolute Gasteiger partial charge is 0.280 e. The third kappa shape index (κ3) is 3.18. The van der Waals surface area contributed by atoms with E-state index in [0.717, 1.165) is 12.0 Å². The Hall–Kier alpha value is -3.42. The Morgan fingerprint density at radius 1 is 1.20 bits per heavy atom. The van der Waals surface area contributed by atoms with E-state index in [-0.39, 0.29) is 36.5 Å². The van der Waals surface area contributed by atoms with Gasteiger partial charge in [-0.3, -0.25) is 14.4 Å². The third-order valence-electron chi connectivity index (χ3n) is 5.63. The van der Waals surface area contributed by atoms with Crippen LogP contribution < -0.4 is 10.9 Å². The molecule has 8 heteroatoms. The molecule has 1 aromatic carbocycles. The number of hydrogen-bond donors (Lipinski definition) is 1. The van der Waals surface area contributed by atoms with E-state index in [4.69, 9.17) is 0 Å². The highest BCUT2D eigenvalue weighted by Crippen LogP contribution is 2.27. The topological polar surface area (TPSA) is 88.7 Å². The Morgan fingerprint density at radius 2 is 1.93 bits per heavy atom. The highest BCUT2D eigenvalue weighted by molar-refractivity contribution is 5.98. The molecule has 0 bridgehead atoms. The van der Waals surface area contributed by atoms with Gasteiger partial charge in [0.25, 0.3) is 11.5 Å². The second kappa shape index (κ2) is 7.78. The van der Waals surface area contributed by atoms with Crippen LogP contribution in [0.3, 0.4) is 0 Å². The zero-order valence-electron chi connectivity index (χ0n) is 17.4. The van der Waals surface area contributed by atoms with E-state index in [2.05, 4.69) is 10.4 Å². The summed E-state index contributed by atoms with van der Waals surface area (Å²) in [6.45, 7) is 6.46. The molecule has 1 unspecified atom stereocenters. The standard InChI is InChI=1S/C22H25N5O3/c1-4-14(3)25-12-16-20(22(25)30)26(13-18(28)23-5-2)19-11-17(24-27(19)21(16)29)15-9-7-6-8-10-15/h6-11,14H,4-5,12-13H2,1-3H3,(H,23,28). The van der Waals surface area contributed by atoms with Gasteiger partial charge in [-0.1, -0.05) is 37.3 Å². The van der Waals surface area contributed by atoms with Crippen molar-refractivity contribution in [3.05, 3.63) is 58.0 Å². The van der Waals surface area contributed by atoms with Gasteiger partial charge in [-0.15, -0.1) is 0 Å². The molecule has 0 fully saturated rings. The Morgan fingerprint density at radius 3 is 2.60 bits per heavy atom. The van der Waals surface area contributed by atoms with Crippen molar-refractivity contribution in [3.63, 3.8) is 0 Å². The van der Waals surface area contributed by atoms with Crippen molar-refractivity contribution < 1.29 is 9.59 Å². The first-order chi connectivity index (χ1) is 14.5. The minimum Gasteiger partial charge on any atom is -0.355 e. The number of carbonyl (C=O) groups excluding carboxylic acids is 2. The zero-order chi connectivity index (χ0) is 21.4. The van der Waals surface area contributed by atoms with Crippen LogP contribution in [0.5, 0.6) is 0 Å². The summed E-state index contributed by atoms with van der Waals surface area (Å²) in [5.41, 5.74) is 2.28. The lowest BCUT2D eigenvalue weighted by Crippen LogP contribution is -2.34. The molecule has 3 aromatic rings. The summed E-state index contributed by atoms with van der Waals surface area (Å²) >= 11 is 0. The number of fused-ring (bicyclic) bond motifs is 2. The summed E-state index contributed by atoms with van der Waals surface area (Å²) in [6.07, 6.45) is 0.777. The van der Waals surface area contributed by atoms with Crippen LogP contribution in [0.2, 0.25) is 0 Å². The van der Waals surface area contributed by atoms with Gasteiger partial charge in [-0.05, 0) is 20.3 Å². The minimum atomic E-state index is -0.312. The fourth-order valence-electron chi connectivity index (χ4n) is 3.87. The first-order valence-corrected chi connectivity index (χ1v) is 10.2. The molecule has 0 spiro atoms. The van der Waals surface area contributed by atoms with Gasteiger partial charge in [-0.2, -0.15) is 9.61 Å². The Kier molecular flexibility index (Phi) is 5.15. The maximum Gasteiger partial charge on any atom is 0.280 e. The van der Waals surface area contributed by atoms with E-state index in [1.807, 2.05) is 51.1 Å². The van der Waals surface area contributed by atoms with Gasteiger partial charge >= 0.3 is 0 Å². The molecule has 2 aromatic heterocycles. The Bertz CT molecular complexity index is 1180. The van der Waals surface area contributed by atoms with E-state index in [1.54, 1.807) is 15.5 Å². The number of benzene rings is 1. The van der Waals surface area contributed by atoms with Crippen molar-refractivity contribution >= 4 is 17.5 Å². The molecule has 1 N–H and O–H groups in total. The van der Waals surface area contributed by atoms with Crippen LogP contribution in [0, 0.1) is 0 Å². The predicted octanol–water partition coefficient (Wildman–Crippen LogP) is 2.05. The molecule has 156 valence electrons. The maximum atomic E-state index is 13.2. The third-order valence-corrected chi connectivity index (χ3v) is 5.63. The molecule has 8 nitrogen and oxygen atoms in total. The van der Waals surface area contributed by atoms with Gasteiger partial charge in [0.15, 0.2) is 0 Å². The first-order valence-electron chi connectivity index (χ1n) is 10.2. The molecular weight excluding hydrogens is 382 g/mol. The molecule has 1 aliphatic rings. The van der Waals surface area contributed by atoms with Gasteiger partial charge in [0, 0.05) is 24.2 Å². The summed E-state index contributed by atoms with van der Waals surface area (Å²) in [6, 6.07) is 11.3. The number of aromatic nitrogens is 3. The molecule has 0 aliphatic carbocycles. The van der Waals surface area contributed by atoms with Crippen LogP contribution in [0.1, 0.15) is 43.2 Å². The molecule has 0 saturated heterocycles. The lowest BCUT2D eigenvalue weighted by Gasteiger charge is -2.22. The van der Waals surface area contributed by atoms with Crippen LogP contribution in [-0.4, -0.2) is 43.5 Å². The minimum absolute atomic E-state index is 0.00517. The van der Waals surface area contributed by atoms with E-state index in [9.17, 15) is 14.4 Å². The van der Waals surface area contributed by atoms with Crippen molar-refractivity contribution in [2.45, 2.75) is 46.3 Å². The van der Waals surface area contributed by atoms with Crippen LogP contribution in [0.15, 0.2) is 41.2 Å². The summed E-state index contributed by atoms with van der Waals surface area (Å²) in [5.74, 6) is -0.437. The summed E-state index contributed by atoms with van der Waals surface area (Å²) in [4.78, 5) is 40.6. The average molecular weight is 407 g/mol. The maximum absolute atomic E-state index is 13.2. The van der Waals surface area contributed by atoms with Gasteiger partial charge in [-0.25, -0.2) is 0 Å². The number of amides is 2. The van der Waals surface area contributed by atoms with E-state index in [1.165, 1.54) is 4.52 Å². The zero-order valence-corrected chi connectivity index (χ0v) is 17.4. The summed E-state index contributed by atoms with van der Waals surface area (Å²) in [7, 11) is 0. The second-order valence-corrected chi connectivity index (χ2v) is 7.53. The lowest BCUT2D eigenvalue weighted by molar-refractivity contribution is -0.121. The number of hydrogen-bond acceptors (Lipinski definition) is 4. The number of nitrogens with zero attached hydrogens (tertiary/aromatic N) is 4.